The molecule has 0 unspecified atom stereocenters. The number of rotatable bonds is 8. The van der Waals surface area contributed by atoms with Crippen molar-refractivity contribution < 1.29 is 24.2 Å². The van der Waals surface area contributed by atoms with Crippen molar-refractivity contribution in [3.63, 3.8) is 0 Å². The monoisotopic (exact) mass is 348 g/mol. The highest BCUT2D eigenvalue weighted by Gasteiger charge is 2.17. The summed E-state index contributed by atoms with van der Waals surface area (Å²) >= 11 is 0. The van der Waals surface area contributed by atoms with E-state index in [1.165, 1.54) is 44.9 Å². The van der Waals surface area contributed by atoms with Gasteiger partial charge in [-0.15, -0.1) is 0 Å². The summed E-state index contributed by atoms with van der Waals surface area (Å²) in [7, 11) is 1.43. The van der Waals surface area contributed by atoms with Crippen molar-refractivity contribution in [1.29, 1.82) is 0 Å². The van der Waals surface area contributed by atoms with Gasteiger partial charge < -0.3 is 20.5 Å². The number of ether oxygens (including phenoxy) is 1. The van der Waals surface area contributed by atoms with E-state index in [0.717, 1.165) is 6.42 Å². The van der Waals surface area contributed by atoms with E-state index >= 15 is 0 Å². The lowest BCUT2D eigenvalue weighted by molar-refractivity contribution is -0.124. The first-order chi connectivity index (χ1) is 12.0. The normalized spacial score (nSPS) is 14.1. The van der Waals surface area contributed by atoms with Crippen LogP contribution in [0.4, 0.5) is 5.69 Å². The lowest BCUT2D eigenvalue weighted by Gasteiger charge is -2.11. The molecule has 1 aromatic rings. The molecule has 1 aliphatic carbocycles. The molecule has 7 nitrogen and oxygen atoms in total. The lowest BCUT2D eigenvalue weighted by atomic mass is 10.0. The molecule has 0 aliphatic heterocycles. The van der Waals surface area contributed by atoms with Gasteiger partial charge in [-0.2, -0.15) is 0 Å². The summed E-state index contributed by atoms with van der Waals surface area (Å²) in [5, 5.41) is 14.3. The van der Waals surface area contributed by atoms with Crippen molar-refractivity contribution in [3.05, 3.63) is 23.8 Å². The Balaban J connectivity index is 1.81. The molecule has 136 valence electrons. The van der Waals surface area contributed by atoms with Crippen LogP contribution >= 0.6 is 0 Å². The Morgan fingerprint density at radius 2 is 1.92 bits per heavy atom. The van der Waals surface area contributed by atoms with Gasteiger partial charge >= 0.3 is 5.97 Å². The van der Waals surface area contributed by atoms with Crippen molar-refractivity contribution in [2.75, 3.05) is 19.0 Å². The van der Waals surface area contributed by atoms with Crippen molar-refractivity contribution >= 4 is 23.5 Å². The highest BCUT2D eigenvalue weighted by atomic mass is 16.5. The van der Waals surface area contributed by atoms with Crippen LogP contribution in [-0.2, 0) is 9.59 Å². The van der Waals surface area contributed by atoms with Gasteiger partial charge in [0.25, 0.3) is 0 Å². The Bertz CT molecular complexity index is 638. The molecule has 1 aliphatic rings. The summed E-state index contributed by atoms with van der Waals surface area (Å²) in [6.07, 6.45) is 6.12. The van der Waals surface area contributed by atoms with Gasteiger partial charge in [0.05, 0.1) is 24.9 Å². The van der Waals surface area contributed by atoms with Gasteiger partial charge in [0.15, 0.2) is 0 Å². The molecule has 25 heavy (non-hydrogen) atoms. The third kappa shape index (κ3) is 5.77. The van der Waals surface area contributed by atoms with E-state index in [9.17, 15) is 19.5 Å². The van der Waals surface area contributed by atoms with E-state index in [1.54, 1.807) is 6.07 Å². The second kappa shape index (κ2) is 9.05. The minimum absolute atomic E-state index is 0.0692. The van der Waals surface area contributed by atoms with Crippen LogP contribution in [0.3, 0.4) is 0 Å². The second-order valence-electron chi connectivity index (χ2n) is 6.23. The Kier molecular flexibility index (Phi) is 6.80. The summed E-state index contributed by atoms with van der Waals surface area (Å²) < 4.78 is 4.98. The van der Waals surface area contributed by atoms with Crippen LogP contribution in [0, 0.1) is 5.92 Å². The number of methoxy groups -OCH3 is 1. The summed E-state index contributed by atoms with van der Waals surface area (Å²) in [6.45, 7) is -0.186. The first-order valence-electron chi connectivity index (χ1n) is 8.47. The number of benzene rings is 1. The molecule has 1 aromatic carbocycles. The molecule has 0 atom stereocenters. The molecule has 1 saturated carbocycles. The summed E-state index contributed by atoms with van der Waals surface area (Å²) in [5.41, 5.74) is 0.0961. The van der Waals surface area contributed by atoms with Crippen molar-refractivity contribution in [3.8, 4) is 5.75 Å². The zero-order valence-corrected chi connectivity index (χ0v) is 14.3. The van der Waals surface area contributed by atoms with E-state index in [-0.39, 0.29) is 23.7 Å². The SMILES string of the molecule is COc1ccc(NC(=O)CNC(=O)CCC2CCCC2)c(C(=O)O)c1. The Morgan fingerprint density at radius 1 is 1.20 bits per heavy atom. The molecule has 0 saturated heterocycles. The molecule has 0 radical (unpaired) electrons. The average Bonchev–Trinajstić information content (AvgIpc) is 3.11. The molecule has 3 N–H and O–H groups in total. The molecule has 0 aromatic heterocycles. The molecule has 0 heterocycles. The van der Waals surface area contributed by atoms with E-state index in [4.69, 9.17) is 4.74 Å². The highest BCUT2D eigenvalue weighted by molar-refractivity contribution is 6.02. The van der Waals surface area contributed by atoms with Crippen molar-refractivity contribution in [2.45, 2.75) is 38.5 Å². The number of carboxylic acids is 1. The number of amides is 2. The number of aromatic carboxylic acids is 1. The Morgan fingerprint density at radius 3 is 2.56 bits per heavy atom. The van der Waals surface area contributed by atoms with Gasteiger partial charge in [0.1, 0.15) is 5.75 Å². The fraction of sp³-hybridized carbons (Fsp3) is 0.500. The Labute approximate surface area is 146 Å². The first-order valence-corrected chi connectivity index (χ1v) is 8.47. The van der Waals surface area contributed by atoms with E-state index in [1.807, 2.05) is 0 Å². The number of anilines is 1. The van der Waals surface area contributed by atoms with Crippen LogP contribution in [-0.4, -0.2) is 36.5 Å². The maximum absolute atomic E-state index is 12.0. The van der Waals surface area contributed by atoms with Gasteiger partial charge in [-0.3, -0.25) is 9.59 Å². The number of carbonyl (C=O) groups excluding carboxylic acids is 2. The third-order valence-corrected chi connectivity index (χ3v) is 4.43. The predicted molar refractivity (Wildman–Crippen MR) is 92.8 cm³/mol. The standard InChI is InChI=1S/C18H24N2O5/c1-25-13-7-8-15(14(10-13)18(23)24)20-17(22)11-19-16(21)9-6-12-4-2-3-5-12/h7-8,10,12H,2-6,9,11H2,1H3,(H,19,21)(H,20,22)(H,23,24). The summed E-state index contributed by atoms with van der Waals surface area (Å²) in [4.78, 5) is 35.0. The van der Waals surface area contributed by atoms with Crippen LogP contribution in [0.2, 0.25) is 0 Å². The minimum Gasteiger partial charge on any atom is -0.497 e. The number of carbonyl (C=O) groups is 3. The molecular weight excluding hydrogens is 324 g/mol. The van der Waals surface area contributed by atoms with E-state index in [2.05, 4.69) is 10.6 Å². The largest absolute Gasteiger partial charge is 0.497 e. The highest BCUT2D eigenvalue weighted by Crippen LogP contribution is 2.28. The molecule has 0 spiro atoms. The minimum atomic E-state index is -1.17. The zero-order valence-electron chi connectivity index (χ0n) is 14.3. The quantitative estimate of drug-likeness (QED) is 0.669. The Hall–Kier alpha value is -2.57. The molecule has 2 amide bonds. The molecule has 7 heteroatoms. The van der Waals surface area contributed by atoms with Gasteiger partial charge in [-0.25, -0.2) is 4.79 Å². The van der Waals surface area contributed by atoms with Gasteiger partial charge in [0, 0.05) is 6.42 Å². The van der Waals surface area contributed by atoms with E-state index in [0.29, 0.717) is 18.1 Å². The summed E-state index contributed by atoms with van der Waals surface area (Å²) in [5.74, 6) is -0.792. The maximum Gasteiger partial charge on any atom is 0.337 e. The van der Waals surface area contributed by atoms with Crippen molar-refractivity contribution in [1.82, 2.24) is 5.32 Å². The van der Waals surface area contributed by atoms with Crippen molar-refractivity contribution in [2.24, 2.45) is 5.92 Å². The van der Waals surface area contributed by atoms with E-state index < -0.39 is 11.9 Å². The van der Waals surface area contributed by atoms with Gasteiger partial charge in [-0.05, 0) is 30.5 Å². The molecule has 1 fully saturated rings. The lowest BCUT2D eigenvalue weighted by Crippen LogP contribution is -2.33. The number of carboxylic acid groups (broad SMARTS) is 1. The smallest absolute Gasteiger partial charge is 0.337 e. The fourth-order valence-corrected chi connectivity index (χ4v) is 3.03. The average molecular weight is 348 g/mol. The molecular formula is C18H24N2O5. The molecule has 0 bridgehead atoms. The third-order valence-electron chi connectivity index (χ3n) is 4.43. The first kappa shape index (κ1) is 18.8. The number of hydrogen-bond acceptors (Lipinski definition) is 4. The van der Waals surface area contributed by atoms with Gasteiger partial charge in [0.2, 0.25) is 11.8 Å². The van der Waals surface area contributed by atoms with Crippen LogP contribution in [0.1, 0.15) is 48.9 Å². The van der Waals surface area contributed by atoms with Crippen LogP contribution in [0.15, 0.2) is 18.2 Å². The second-order valence-corrected chi connectivity index (χ2v) is 6.23. The van der Waals surface area contributed by atoms with Crippen LogP contribution in [0.25, 0.3) is 0 Å². The zero-order chi connectivity index (χ0) is 18.2. The summed E-state index contributed by atoms with van der Waals surface area (Å²) in [6, 6.07) is 4.35. The topological polar surface area (TPSA) is 105 Å². The van der Waals surface area contributed by atoms with Crippen LogP contribution in [0.5, 0.6) is 5.75 Å². The predicted octanol–water partition coefficient (Wildman–Crippen LogP) is 2.42. The number of nitrogens with one attached hydrogen (secondary N) is 2. The number of hydrogen-bond donors (Lipinski definition) is 3. The maximum atomic E-state index is 12.0. The fourth-order valence-electron chi connectivity index (χ4n) is 3.03. The van der Waals surface area contributed by atoms with Crippen LogP contribution < -0.4 is 15.4 Å². The van der Waals surface area contributed by atoms with Gasteiger partial charge in [-0.1, -0.05) is 25.7 Å². The molecule has 2 rings (SSSR count).